The van der Waals surface area contributed by atoms with Gasteiger partial charge in [0.1, 0.15) is 0 Å². The van der Waals surface area contributed by atoms with Crippen LogP contribution in [0.2, 0.25) is 0 Å². The van der Waals surface area contributed by atoms with E-state index in [0.29, 0.717) is 12.2 Å². The van der Waals surface area contributed by atoms with Crippen LogP contribution in [0.15, 0.2) is 18.2 Å². The molecule has 5 nitrogen and oxygen atoms in total. The molecule has 2 atom stereocenters. The fourth-order valence-electron chi connectivity index (χ4n) is 1.91. The second kappa shape index (κ2) is 6.47. The predicted molar refractivity (Wildman–Crippen MR) is 70.7 cm³/mol. The fraction of sp³-hybridized carbons (Fsp3) is 0.538. The van der Waals surface area contributed by atoms with Crippen molar-refractivity contribution in [3.63, 3.8) is 0 Å². The molecule has 0 spiro atoms. The van der Waals surface area contributed by atoms with E-state index in [-0.39, 0.29) is 22.7 Å². The van der Waals surface area contributed by atoms with Crippen LogP contribution >= 0.6 is 0 Å². The van der Waals surface area contributed by atoms with Gasteiger partial charge in [0.2, 0.25) is 0 Å². The maximum absolute atomic E-state index is 10.9. The number of rotatable bonds is 6. The van der Waals surface area contributed by atoms with Gasteiger partial charge in [0.05, 0.1) is 11.5 Å². The van der Waals surface area contributed by atoms with Crippen molar-refractivity contribution in [3.05, 3.63) is 39.4 Å². The van der Waals surface area contributed by atoms with Crippen molar-refractivity contribution in [2.75, 3.05) is 13.7 Å². The van der Waals surface area contributed by atoms with Crippen LogP contribution < -0.4 is 5.32 Å². The molecule has 0 saturated carbocycles. The third-order valence-electron chi connectivity index (χ3n) is 2.88. The fourth-order valence-corrected chi connectivity index (χ4v) is 1.91. The molecule has 0 saturated heterocycles. The summed E-state index contributed by atoms with van der Waals surface area (Å²) in [5, 5.41) is 14.2. The van der Waals surface area contributed by atoms with Crippen molar-refractivity contribution < 1.29 is 9.66 Å². The van der Waals surface area contributed by atoms with Gasteiger partial charge in [-0.25, -0.2) is 0 Å². The summed E-state index contributed by atoms with van der Waals surface area (Å²) in [5.74, 6) is 0. The van der Waals surface area contributed by atoms with Crippen LogP contribution in [0.4, 0.5) is 5.69 Å². The van der Waals surface area contributed by atoms with E-state index in [9.17, 15) is 10.1 Å². The molecule has 1 aromatic carbocycles. The summed E-state index contributed by atoms with van der Waals surface area (Å²) in [6, 6.07) is 5.58. The number of ether oxygens (including phenoxy) is 1. The Morgan fingerprint density at radius 1 is 1.44 bits per heavy atom. The number of nitrogens with one attached hydrogen (secondary N) is 1. The number of methoxy groups -OCH3 is 1. The van der Waals surface area contributed by atoms with Crippen molar-refractivity contribution in [2.45, 2.75) is 32.9 Å². The number of nitro benzene ring substituents is 1. The van der Waals surface area contributed by atoms with E-state index in [1.807, 2.05) is 19.9 Å². The molecule has 0 heterocycles. The second-order valence-electron chi connectivity index (χ2n) is 4.55. The number of nitrogens with zero attached hydrogens (tertiary/aromatic N) is 1. The van der Waals surface area contributed by atoms with Gasteiger partial charge in [0.25, 0.3) is 5.69 Å². The SMILES string of the molecule is COCC(C)NC(C)c1ccc(C)c([N+](=O)[O-])c1. The monoisotopic (exact) mass is 252 g/mol. The molecule has 0 amide bonds. The van der Waals surface area contributed by atoms with Gasteiger partial charge in [-0.3, -0.25) is 10.1 Å². The first-order valence-corrected chi connectivity index (χ1v) is 5.95. The number of hydrogen-bond acceptors (Lipinski definition) is 4. The van der Waals surface area contributed by atoms with Crippen molar-refractivity contribution in [1.29, 1.82) is 0 Å². The molecule has 1 N–H and O–H groups in total. The zero-order valence-corrected chi connectivity index (χ0v) is 11.3. The predicted octanol–water partition coefficient (Wildman–Crippen LogP) is 2.59. The standard InChI is InChI=1S/C13H20N2O3/c1-9-5-6-12(7-13(9)15(16)17)11(3)14-10(2)8-18-4/h5-7,10-11,14H,8H2,1-4H3. The third kappa shape index (κ3) is 3.78. The third-order valence-corrected chi connectivity index (χ3v) is 2.88. The number of benzene rings is 1. The maximum atomic E-state index is 10.9. The van der Waals surface area contributed by atoms with Crippen LogP contribution in [-0.2, 0) is 4.74 Å². The zero-order valence-electron chi connectivity index (χ0n) is 11.3. The van der Waals surface area contributed by atoms with Gasteiger partial charge < -0.3 is 10.1 Å². The Labute approximate surface area is 107 Å². The van der Waals surface area contributed by atoms with Crippen molar-refractivity contribution in [1.82, 2.24) is 5.32 Å². The molecule has 0 fully saturated rings. The van der Waals surface area contributed by atoms with Crippen LogP contribution in [0, 0.1) is 17.0 Å². The van der Waals surface area contributed by atoms with Crippen LogP contribution in [-0.4, -0.2) is 24.7 Å². The minimum Gasteiger partial charge on any atom is -0.383 e. The lowest BCUT2D eigenvalue weighted by Crippen LogP contribution is -2.32. The molecule has 0 aliphatic carbocycles. The van der Waals surface area contributed by atoms with Crippen LogP contribution in [0.5, 0.6) is 0 Å². The summed E-state index contributed by atoms with van der Waals surface area (Å²) in [4.78, 5) is 10.5. The van der Waals surface area contributed by atoms with E-state index < -0.39 is 0 Å². The average molecular weight is 252 g/mol. The van der Waals surface area contributed by atoms with Crippen LogP contribution in [0.3, 0.4) is 0 Å². The Hall–Kier alpha value is -1.46. The second-order valence-corrected chi connectivity index (χ2v) is 4.55. The Bertz CT molecular complexity index is 421. The summed E-state index contributed by atoms with van der Waals surface area (Å²) < 4.78 is 5.05. The summed E-state index contributed by atoms with van der Waals surface area (Å²) in [5.41, 5.74) is 1.76. The highest BCUT2D eigenvalue weighted by Gasteiger charge is 2.15. The van der Waals surface area contributed by atoms with Crippen molar-refractivity contribution in [2.24, 2.45) is 0 Å². The zero-order chi connectivity index (χ0) is 13.7. The molecular formula is C13H20N2O3. The van der Waals surface area contributed by atoms with E-state index in [4.69, 9.17) is 4.74 Å². The minimum atomic E-state index is -0.343. The quantitative estimate of drug-likeness (QED) is 0.624. The molecule has 0 aliphatic heterocycles. The van der Waals surface area contributed by atoms with E-state index in [0.717, 1.165) is 5.56 Å². The van der Waals surface area contributed by atoms with E-state index in [1.165, 1.54) is 0 Å². The van der Waals surface area contributed by atoms with Crippen LogP contribution in [0.1, 0.15) is 31.0 Å². The Kier molecular flexibility index (Phi) is 5.25. The maximum Gasteiger partial charge on any atom is 0.272 e. The van der Waals surface area contributed by atoms with Gasteiger partial charge >= 0.3 is 0 Å². The van der Waals surface area contributed by atoms with Gasteiger partial charge in [-0.2, -0.15) is 0 Å². The van der Waals surface area contributed by atoms with Crippen molar-refractivity contribution in [3.8, 4) is 0 Å². The highest BCUT2D eigenvalue weighted by molar-refractivity contribution is 5.43. The first-order valence-electron chi connectivity index (χ1n) is 5.95. The Morgan fingerprint density at radius 3 is 2.67 bits per heavy atom. The topological polar surface area (TPSA) is 64.4 Å². The molecule has 5 heteroatoms. The largest absolute Gasteiger partial charge is 0.383 e. The van der Waals surface area contributed by atoms with Gasteiger partial charge in [0, 0.05) is 30.8 Å². The van der Waals surface area contributed by atoms with Crippen molar-refractivity contribution >= 4 is 5.69 Å². The summed E-state index contributed by atoms with van der Waals surface area (Å²) >= 11 is 0. The molecule has 0 aliphatic rings. The number of aryl methyl sites for hydroxylation is 1. The molecular weight excluding hydrogens is 232 g/mol. The number of nitro groups is 1. The lowest BCUT2D eigenvalue weighted by atomic mass is 10.0. The number of hydrogen-bond donors (Lipinski definition) is 1. The molecule has 100 valence electrons. The smallest absolute Gasteiger partial charge is 0.272 e. The van der Waals surface area contributed by atoms with Crippen LogP contribution in [0.25, 0.3) is 0 Å². The molecule has 2 unspecified atom stereocenters. The average Bonchev–Trinajstić information content (AvgIpc) is 2.29. The van der Waals surface area contributed by atoms with E-state index in [1.54, 1.807) is 26.2 Å². The summed E-state index contributed by atoms with van der Waals surface area (Å²) in [6.45, 7) is 6.36. The normalized spacial score (nSPS) is 14.2. The van der Waals surface area contributed by atoms with Gasteiger partial charge in [-0.05, 0) is 26.3 Å². The molecule has 0 bridgehead atoms. The molecule has 1 aromatic rings. The van der Waals surface area contributed by atoms with E-state index >= 15 is 0 Å². The van der Waals surface area contributed by atoms with Gasteiger partial charge in [0.15, 0.2) is 0 Å². The molecule has 18 heavy (non-hydrogen) atoms. The highest BCUT2D eigenvalue weighted by atomic mass is 16.6. The lowest BCUT2D eigenvalue weighted by molar-refractivity contribution is -0.385. The minimum absolute atomic E-state index is 0.0504. The lowest BCUT2D eigenvalue weighted by Gasteiger charge is -2.19. The summed E-state index contributed by atoms with van der Waals surface area (Å²) in [7, 11) is 1.65. The molecule has 0 radical (unpaired) electrons. The Balaban J connectivity index is 2.83. The van der Waals surface area contributed by atoms with Gasteiger partial charge in [-0.15, -0.1) is 0 Å². The first-order chi connectivity index (χ1) is 8.45. The Morgan fingerprint density at radius 2 is 2.11 bits per heavy atom. The molecule has 0 aromatic heterocycles. The first kappa shape index (κ1) is 14.6. The molecule has 1 rings (SSSR count). The van der Waals surface area contributed by atoms with Gasteiger partial charge in [-0.1, -0.05) is 12.1 Å². The summed E-state index contributed by atoms with van der Waals surface area (Å²) in [6.07, 6.45) is 0. The van der Waals surface area contributed by atoms with E-state index in [2.05, 4.69) is 5.32 Å². The highest BCUT2D eigenvalue weighted by Crippen LogP contribution is 2.23.